The standard InChI is InChI=1S/C10H13IN2O2/c11-8-1-3-9(4-2-8)13-10(15)7-12-5-6-14/h1-4,12,14H,5-7H2,(H,13,15)/p+1. The first-order valence-corrected chi connectivity index (χ1v) is 5.78. The third-order valence-electron chi connectivity index (χ3n) is 1.79. The number of aliphatic hydroxyl groups excluding tert-OH is 1. The van der Waals surface area contributed by atoms with E-state index in [0.717, 1.165) is 9.26 Å². The number of carbonyl (C=O) groups is 1. The van der Waals surface area contributed by atoms with Crippen LogP contribution in [0.2, 0.25) is 0 Å². The van der Waals surface area contributed by atoms with Crippen LogP contribution in [-0.2, 0) is 4.79 Å². The van der Waals surface area contributed by atoms with Crippen LogP contribution in [0, 0.1) is 3.57 Å². The van der Waals surface area contributed by atoms with Crippen molar-refractivity contribution in [3.05, 3.63) is 27.8 Å². The van der Waals surface area contributed by atoms with Crippen LogP contribution < -0.4 is 10.6 Å². The Kier molecular flexibility index (Phi) is 5.59. The molecule has 0 spiro atoms. The average molecular weight is 321 g/mol. The van der Waals surface area contributed by atoms with E-state index in [1.807, 2.05) is 24.3 Å². The number of amides is 1. The SMILES string of the molecule is O=C(C[NH2+]CCO)Nc1ccc(I)cc1. The van der Waals surface area contributed by atoms with Gasteiger partial charge in [-0.3, -0.25) is 4.79 Å². The first kappa shape index (κ1) is 12.4. The number of rotatable bonds is 5. The molecule has 0 aliphatic carbocycles. The van der Waals surface area contributed by atoms with Crippen LogP contribution in [0.15, 0.2) is 24.3 Å². The minimum absolute atomic E-state index is 0.0512. The van der Waals surface area contributed by atoms with Crippen LogP contribution in [0.1, 0.15) is 0 Å². The number of hydrogen-bond donors (Lipinski definition) is 3. The summed E-state index contributed by atoms with van der Waals surface area (Å²) in [4.78, 5) is 11.3. The van der Waals surface area contributed by atoms with Gasteiger partial charge in [0.2, 0.25) is 0 Å². The van der Waals surface area contributed by atoms with Crippen LogP contribution >= 0.6 is 22.6 Å². The molecule has 0 aliphatic rings. The Morgan fingerprint density at radius 1 is 1.40 bits per heavy atom. The molecule has 0 heterocycles. The second-order valence-corrected chi connectivity index (χ2v) is 4.31. The Morgan fingerprint density at radius 3 is 2.67 bits per heavy atom. The molecule has 1 amide bonds. The average Bonchev–Trinajstić information content (AvgIpc) is 2.22. The third-order valence-corrected chi connectivity index (χ3v) is 2.51. The Labute approximate surface area is 102 Å². The van der Waals surface area contributed by atoms with Gasteiger partial charge in [-0.15, -0.1) is 0 Å². The van der Waals surface area contributed by atoms with Gasteiger partial charge in [0.25, 0.3) is 5.91 Å². The third kappa shape index (κ3) is 5.10. The van der Waals surface area contributed by atoms with E-state index in [1.54, 1.807) is 5.32 Å². The Bertz CT molecular complexity index is 314. The molecule has 0 saturated carbocycles. The number of aliphatic hydroxyl groups is 1. The van der Waals surface area contributed by atoms with Crippen LogP contribution in [0.5, 0.6) is 0 Å². The molecule has 15 heavy (non-hydrogen) atoms. The summed E-state index contributed by atoms with van der Waals surface area (Å²) < 4.78 is 1.14. The highest BCUT2D eigenvalue weighted by molar-refractivity contribution is 14.1. The van der Waals surface area contributed by atoms with E-state index in [1.165, 1.54) is 0 Å². The van der Waals surface area contributed by atoms with E-state index >= 15 is 0 Å². The van der Waals surface area contributed by atoms with E-state index in [2.05, 4.69) is 27.9 Å². The smallest absolute Gasteiger partial charge is 0.279 e. The van der Waals surface area contributed by atoms with E-state index in [4.69, 9.17) is 5.11 Å². The van der Waals surface area contributed by atoms with Gasteiger partial charge in [-0.1, -0.05) is 0 Å². The molecule has 0 bridgehead atoms. The highest BCUT2D eigenvalue weighted by atomic mass is 127. The van der Waals surface area contributed by atoms with Crippen molar-refractivity contribution in [1.29, 1.82) is 0 Å². The Hall–Kier alpha value is -0.660. The fourth-order valence-electron chi connectivity index (χ4n) is 1.07. The normalized spacial score (nSPS) is 10.0. The topological polar surface area (TPSA) is 65.9 Å². The number of nitrogens with one attached hydrogen (secondary N) is 1. The molecule has 5 heteroatoms. The van der Waals surface area contributed by atoms with Crippen LogP contribution in [0.3, 0.4) is 0 Å². The van der Waals surface area contributed by atoms with E-state index in [0.29, 0.717) is 13.1 Å². The van der Waals surface area contributed by atoms with Gasteiger partial charge >= 0.3 is 0 Å². The van der Waals surface area contributed by atoms with Crippen LogP contribution in [0.25, 0.3) is 0 Å². The number of anilines is 1. The molecule has 1 aromatic rings. The van der Waals surface area contributed by atoms with Crippen LogP contribution in [-0.4, -0.2) is 30.7 Å². The highest BCUT2D eigenvalue weighted by Crippen LogP contribution is 2.10. The minimum Gasteiger partial charge on any atom is -0.391 e. The zero-order valence-electron chi connectivity index (χ0n) is 8.24. The summed E-state index contributed by atoms with van der Waals surface area (Å²) in [6, 6.07) is 7.61. The van der Waals surface area contributed by atoms with Crippen molar-refractivity contribution in [2.24, 2.45) is 0 Å². The molecule has 0 atom stereocenters. The molecule has 4 N–H and O–H groups in total. The molecule has 1 aromatic carbocycles. The Balaban J connectivity index is 2.34. The molecular formula is C10H14IN2O2+. The Morgan fingerprint density at radius 2 is 2.07 bits per heavy atom. The van der Waals surface area contributed by atoms with Gasteiger partial charge in [0.1, 0.15) is 0 Å². The van der Waals surface area contributed by atoms with Gasteiger partial charge in [-0.05, 0) is 46.9 Å². The van der Waals surface area contributed by atoms with Crippen molar-refractivity contribution in [1.82, 2.24) is 0 Å². The summed E-state index contributed by atoms with van der Waals surface area (Å²) in [5.41, 5.74) is 0.804. The number of carbonyl (C=O) groups excluding carboxylic acids is 1. The lowest BCUT2D eigenvalue weighted by Crippen LogP contribution is -2.87. The lowest BCUT2D eigenvalue weighted by atomic mass is 10.3. The minimum atomic E-state index is -0.0512. The van der Waals surface area contributed by atoms with E-state index in [-0.39, 0.29) is 12.5 Å². The molecule has 0 aromatic heterocycles. The fraction of sp³-hybridized carbons (Fsp3) is 0.300. The molecule has 0 aliphatic heterocycles. The first-order chi connectivity index (χ1) is 7.22. The second kappa shape index (κ2) is 6.76. The van der Waals surface area contributed by atoms with Crippen molar-refractivity contribution in [3.63, 3.8) is 0 Å². The summed E-state index contributed by atoms with van der Waals surface area (Å²) in [5.74, 6) is -0.0512. The number of quaternary nitrogens is 1. The number of hydrogen-bond acceptors (Lipinski definition) is 2. The van der Waals surface area contributed by atoms with Crippen molar-refractivity contribution in [2.45, 2.75) is 0 Å². The maximum absolute atomic E-state index is 11.3. The van der Waals surface area contributed by atoms with Crippen molar-refractivity contribution in [3.8, 4) is 0 Å². The molecule has 0 saturated heterocycles. The number of halogens is 1. The van der Waals surface area contributed by atoms with Gasteiger partial charge in [-0.2, -0.15) is 0 Å². The second-order valence-electron chi connectivity index (χ2n) is 3.06. The van der Waals surface area contributed by atoms with Crippen molar-refractivity contribution < 1.29 is 15.2 Å². The lowest BCUT2D eigenvalue weighted by molar-refractivity contribution is -0.644. The van der Waals surface area contributed by atoms with Crippen molar-refractivity contribution >= 4 is 34.2 Å². The molecule has 1 rings (SSSR count). The fourth-order valence-corrected chi connectivity index (χ4v) is 1.43. The monoisotopic (exact) mass is 321 g/mol. The molecule has 0 radical (unpaired) electrons. The zero-order valence-corrected chi connectivity index (χ0v) is 10.4. The van der Waals surface area contributed by atoms with Gasteiger partial charge in [0.05, 0.1) is 13.2 Å². The van der Waals surface area contributed by atoms with E-state index in [9.17, 15) is 4.79 Å². The summed E-state index contributed by atoms with van der Waals surface area (Å²) in [6.07, 6.45) is 0. The van der Waals surface area contributed by atoms with Gasteiger partial charge < -0.3 is 15.7 Å². The maximum Gasteiger partial charge on any atom is 0.279 e. The highest BCUT2D eigenvalue weighted by Gasteiger charge is 2.03. The molecule has 82 valence electrons. The summed E-state index contributed by atoms with van der Waals surface area (Å²) in [5, 5.41) is 13.1. The molecular weight excluding hydrogens is 307 g/mol. The largest absolute Gasteiger partial charge is 0.391 e. The quantitative estimate of drug-likeness (QED) is 0.519. The summed E-state index contributed by atoms with van der Waals surface area (Å²) in [7, 11) is 0. The van der Waals surface area contributed by atoms with Gasteiger partial charge in [0, 0.05) is 9.26 Å². The maximum atomic E-state index is 11.3. The summed E-state index contributed by atoms with van der Waals surface area (Å²) in [6.45, 7) is 0.990. The number of nitrogens with two attached hydrogens (primary N) is 1. The summed E-state index contributed by atoms with van der Waals surface area (Å²) >= 11 is 2.21. The first-order valence-electron chi connectivity index (χ1n) is 4.70. The number of benzene rings is 1. The predicted molar refractivity (Wildman–Crippen MR) is 66.5 cm³/mol. The molecule has 4 nitrogen and oxygen atoms in total. The molecule has 0 fully saturated rings. The molecule has 0 unspecified atom stereocenters. The van der Waals surface area contributed by atoms with Gasteiger partial charge in [0.15, 0.2) is 6.54 Å². The van der Waals surface area contributed by atoms with Crippen LogP contribution in [0.4, 0.5) is 5.69 Å². The van der Waals surface area contributed by atoms with E-state index < -0.39 is 0 Å². The lowest BCUT2D eigenvalue weighted by Gasteiger charge is -2.03. The van der Waals surface area contributed by atoms with Crippen molar-refractivity contribution in [2.75, 3.05) is 25.0 Å². The van der Waals surface area contributed by atoms with Gasteiger partial charge in [-0.25, -0.2) is 0 Å². The zero-order chi connectivity index (χ0) is 11.1. The predicted octanol–water partition coefficient (Wildman–Crippen LogP) is -0.215.